The molecular weight excluding hydrogens is 270 g/mol. The standard InChI is InChI=1S/C14H18F2O4/c1-14(15,16)10-8-12(20-3)11(19-2)7-9(10)5-4-6-13(17)18/h7-8H,4-6H2,1-3H3,(H,17,18). The molecule has 0 unspecified atom stereocenters. The number of benzene rings is 1. The van der Waals surface area contributed by atoms with Crippen LogP contribution in [0.1, 0.15) is 30.9 Å². The highest BCUT2D eigenvalue weighted by molar-refractivity contribution is 5.66. The Morgan fingerprint density at radius 2 is 1.80 bits per heavy atom. The maximum absolute atomic E-state index is 13.6. The summed E-state index contributed by atoms with van der Waals surface area (Å²) in [6.07, 6.45) is 0.461. The summed E-state index contributed by atoms with van der Waals surface area (Å²) in [6.45, 7) is 0.801. The number of ether oxygens (including phenoxy) is 2. The normalized spacial score (nSPS) is 11.2. The van der Waals surface area contributed by atoms with Gasteiger partial charge in [-0.1, -0.05) is 0 Å². The molecule has 0 aliphatic rings. The van der Waals surface area contributed by atoms with Gasteiger partial charge in [0.25, 0.3) is 5.92 Å². The van der Waals surface area contributed by atoms with Crippen molar-refractivity contribution in [3.8, 4) is 11.5 Å². The number of aryl methyl sites for hydroxylation is 1. The first-order valence-electron chi connectivity index (χ1n) is 6.14. The van der Waals surface area contributed by atoms with Crippen LogP contribution in [0.5, 0.6) is 11.5 Å². The molecule has 0 spiro atoms. The fourth-order valence-corrected chi connectivity index (χ4v) is 1.97. The number of hydrogen-bond donors (Lipinski definition) is 1. The minimum Gasteiger partial charge on any atom is -0.493 e. The number of halogens is 2. The molecule has 0 aliphatic heterocycles. The van der Waals surface area contributed by atoms with Crippen molar-refractivity contribution in [2.24, 2.45) is 0 Å². The van der Waals surface area contributed by atoms with E-state index in [0.717, 1.165) is 6.92 Å². The number of hydrogen-bond acceptors (Lipinski definition) is 3. The molecule has 0 aliphatic carbocycles. The van der Waals surface area contributed by atoms with E-state index >= 15 is 0 Å². The number of carboxylic acid groups (broad SMARTS) is 1. The van der Waals surface area contributed by atoms with Gasteiger partial charge in [0.15, 0.2) is 11.5 Å². The van der Waals surface area contributed by atoms with E-state index < -0.39 is 11.9 Å². The number of alkyl halides is 2. The number of rotatable bonds is 7. The van der Waals surface area contributed by atoms with Crippen molar-refractivity contribution in [1.29, 1.82) is 0 Å². The summed E-state index contributed by atoms with van der Waals surface area (Å²) in [6, 6.07) is 2.72. The molecular formula is C14H18F2O4. The van der Waals surface area contributed by atoms with E-state index in [1.165, 1.54) is 26.4 Å². The zero-order valence-electron chi connectivity index (χ0n) is 11.7. The Morgan fingerprint density at radius 3 is 2.25 bits per heavy atom. The number of aliphatic carboxylic acids is 1. The average Bonchev–Trinajstić information content (AvgIpc) is 2.36. The lowest BCUT2D eigenvalue weighted by Crippen LogP contribution is -2.12. The molecule has 0 bridgehead atoms. The van der Waals surface area contributed by atoms with Crippen LogP contribution in [0, 0.1) is 0 Å². The van der Waals surface area contributed by atoms with Crippen LogP contribution in [0.2, 0.25) is 0 Å². The van der Waals surface area contributed by atoms with E-state index in [2.05, 4.69) is 0 Å². The third-order valence-corrected chi connectivity index (χ3v) is 2.92. The first kappa shape index (κ1) is 16.2. The summed E-state index contributed by atoms with van der Waals surface area (Å²) in [4.78, 5) is 10.5. The van der Waals surface area contributed by atoms with Gasteiger partial charge in [-0.15, -0.1) is 0 Å². The van der Waals surface area contributed by atoms with Crippen LogP contribution in [0.15, 0.2) is 12.1 Å². The number of carboxylic acids is 1. The van der Waals surface area contributed by atoms with Crippen molar-refractivity contribution in [3.63, 3.8) is 0 Å². The first-order chi connectivity index (χ1) is 9.29. The van der Waals surface area contributed by atoms with E-state index in [-0.39, 0.29) is 30.6 Å². The van der Waals surface area contributed by atoms with Crippen molar-refractivity contribution in [3.05, 3.63) is 23.3 Å². The maximum atomic E-state index is 13.6. The highest BCUT2D eigenvalue weighted by Gasteiger charge is 2.29. The highest BCUT2D eigenvalue weighted by atomic mass is 19.3. The second-order valence-electron chi connectivity index (χ2n) is 4.50. The topological polar surface area (TPSA) is 55.8 Å². The first-order valence-corrected chi connectivity index (χ1v) is 6.14. The van der Waals surface area contributed by atoms with Gasteiger partial charge >= 0.3 is 5.97 Å². The van der Waals surface area contributed by atoms with Gasteiger partial charge in [0, 0.05) is 18.9 Å². The van der Waals surface area contributed by atoms with E-state index in [1.807, 2.05) is 0 Å². The van der Waals surface area contributed by atoms with Gasteiger partial charge in [0.2, 0.25) is 0 Å². The monoisotopic (exact) mass is 288 g/mol. The molecule has 1 N–H and O–H groups in total. The molecule has 0 atom stereocenters. The minimum atomic E-state index is -3.03. The van der Waals surface area contributed by atoms with Crippen molar-refractivity contribution in [1.82, 2.24) is 0 Å². The zero-order chi connectivity index (χ0) is 15.3. The smallest absolute Gasteiger partial charge is 0.303 e. The summed E-state index contributed by atoms with van der Waals surface area (Å²) >= 11 is 0. The minimum absolute atomic E-state index is 0.0664. The third-order valence-electron chi connectivity index (χ3n) is 2.92. The molecule has 0 amide bonds. The van der Waals surface area contributed by atoms with Crippen molar-refractivity contribution in [2.45, 2.75) is 32.1 Å². The fraction of sp³-hybridized carbons (Fsp3) is 0.500. The van der Waals surface area contributed by atoms with Crippen LogP contribution >= 0.6 is 0 Å². The van der Waals surface area contributed by atoms with E-state index in [0.29, 0.717) is 11.3 Å². The van der Waals surface area contributed by atoms with Crippen molar-refractivity contribution >= 4 is 5.97 Å². The SMILES string of the molecule is COc1cc(CCCC(=O)O)c(C(C)(F)F)cc1OC. The maximum Gasteiger partial charge on any atom is 0.303 e. The second kappa shape index (κ2) is 6.54. The molecule has 0 fully saturated rings. The molecule has 20 heavy (non-hydrogen) atoms. The summed E-state index contributed by atoms with van der Waals surface area (Å²) in [5, 5.41) is 8.61. The van der Waals surface area contributed by atoms with Gasteiger partial charge in [-0.25, -0.2) is 8.78 Å². The summed E-state index contributed by atoms with van der Waals surface area (Å²) < 4.78 is 37.4. The van der Waals surface area contributed by atoms with Gasteiger partial charge < -0.3 is 14.6 Å². The van der Waals surface area contributed by atoms with Crippen LogP contribution < -0.4 is 9.47 Å². The van der Waals surface area contributed by atoms with E-state index in [1.54, 1.807) is 0 Å². The lowest BCUT2D eigenvalue weighted by Gasteiger charge is -2.19. The quantitative estimate of drug-likeness (QED) is 0.837. The van der Waals surface area contributed by atoms with Crippen LogP contribution in [0.25, 0.3) is 0 Å². The molecule has 4 nitrogen and oxygen atoms in total. The second-order valence-corrected chi connectivity index (χ2v) is 4.50. The molecule has 1 rings (SSSR count). The molecule has 1 aromatic carbocycles. The van der Waals surface area contributed by atoms with E-state index in [4.69, 9.17) is 14.6 Å². The Morgan fingerprint density at radius 1 is 1.25 bits per heavy atom. The number of methoxy groups -OCH3 is 2. The molecule has 1 aromatic rings. The Balaban J connectivity index is 3.14. The summed E-state index contributed by atoms with van der Waals surface area (Å²) in [7, 11) is 2.79. The van der Waals surface area contributed by atoms with Crippen LogP contribution in [-0.2, 0) is 17.1 Å². The predicted octanol–water partition coefficient (Wildman–Crippen LogP) is 3.22. The lowest BCUT2D eigenvalue weighted by molar-refractivity contribution is -0.137. The molecule has 0 saturated heterocycles. The summed E-state index contributed by atoms with van der Waals surface area (Å²) in [5.74, 6) is -3.40. The van der Waals surface area contributed by atoms with Crippen LogP contribution in [-0.4, -0.2) is 25.3 Å². The Bertz CT molecular complexity index is 481. The van der Waals surface area contributed by atoms with Crippen molar-refractivity contribution in [2.75, 3.05) is 14.2 Å². The Hall–Kier alpha value is -1.85. The molecule has 112 valence electrons. The van der Waals surface area contributed by atoms with Crippen molar-refractivity contribution < 1.29 is 28.2 Å². The van der Waals surface area contributed by atoms with E-state index in [9.17, 15) is 13.6 Å². The molecule has 6 heteroatoms. The molecule has 0 aromatic heterocycles. The van der Waals surface area contributed by atoms with Gasteiger partial charge in [-0.3, -0.25) is 4.79 Å². The third kappa shape index (κ3) is 4.08. The van der Waals surface area contributed by atoms with Gasteiger partial charge in [-0.2, -0.15) is 0 Å². The van der Waals surface area contributed by atoms with Gasteiger partial charge in [0.1, 0.15) is 0 Å². The van der Waals surface area contributed by atoms with Gasteiger partial charge in [-0.05, 0) is 30.5 Å². The van der Waals surface area contributed by atoms with Crippen LogP contribution in [0.3, 0.4) is 0 Å². The highest BCUT2D eigenvalue weighted by Crippen LogP contribution is 2.38. The van der Waals surface area contributed by atoms with Gasteiger partial charge in [0.05, 0.1) is 14.2 Å². The Kier molecular flexibility index (Phi) is 5.30. The van der Waals surface area contributed by atoms with Crippen LogP contribution in [0.4, 0.5) is 8.78 Å². The zero-order valence-corrected chi connectivity index (χ0v) is 11.7. The lowest BCUT2D eigenvalue weighted by atomic mass is 9.97. The molecule has 0 saturated carbocycles. The number of carbonyl (C=O) groups is 1. The molecule has 0 radical (unpaired) electrons. The predicted molar refractivity (Wildman–Crippen MR) is 69.7 cm³/mol. The average molecular weight is 288 g/mol. The fourth-order valence-electron chi connectivity index (χ4n) is 1.97. The molecule has 0 heterocycles. The Labute approximate surface area is 116 Å². The summed E-state index contributed by atoms with van der Waals surface area (Å²) in [5.41, 5.74) is 0.205. The largest absolute Gasteiger partial charge is 0.493 e.